The highest BCUT2D eigenvalue weighted by Gasteiger charge is 2.76. The number of rotatable bonds is 2. The molecular weight excluding hydrogens is 266 g/mol. The van der Waals surface area contributed by atoms with Gasteiger partial charge in [-0.15, -0.1) is 0 Å². The quantitative estimate of drug-likeness (QED) is 0.786. The van der Waals surface area contributed by atoms with E-state index in [-0.39, 0.29) is 11.9 Å². The van der Waals surface area contributed by atoms with Gasteiger partial charge in [0.15, 0.2) is 5.60 Å². The normalized spacial score (nSPS) is 32.9. The molecule has 1 aliphatic heterocycles. The first-order valence-corrected chi connectivity index (χ1v) is 7.33. The zero-order chi connectivity index (χ0) is 15.5. The Bertz CT molecular complexity index is 610. The third kappa shape index (κ3) is 1.50. The van der Waals surface area contributed by atoms with Gasteiger partial charge in [0.2, 0.25) is 0 Å². The number of anilines is 1. The molecule has 1 aromatic carbocycles. The van der Waals surface area contributed by atoms with Gasteiger partial charge in [-0.25, -0.2) is 0 Å². The maximum atomic E-state index is 13.1. The molecule has 1 amide bonds. The van der Waals surface area contributed by atoms with Gasteiger partial charge >= 0.3 is 5.97 Å². The van der Waals surface area contributed by atoms with Crippen LogP contribution in [0.4, 0.5) is 5.69 Å². The lowest BCUT2D eigenvalue weighted by Crippen LogP contribution is -2.54. The van der Waals surface area contributed by atoms with Crippen LogP contribution >= 0.6 is 0 Å². The number of nitrogens with zero attached hydrogens (tertiary/aromatic N) is 1. The van der Waals surface area contributed by atoms with Crippen molar-refractivity contribution < 1.29 is 14.3 Å². The Morgan fingerprint density at radius 2 is 1.76 bits per heavy atom. The Labute approximate surface area is 125 Å². The van der Waals surface area contributed by atoms with Crippen molar-refractivity contribution in [2.24, 2.45) is 10.8 Å². The van der Waals surface area contributed by atoms with Crippen LogP contribution in [-0.4, -0.2) is 24.5 Å². The van der Waals surface area contributed by atoms with Crippen molar-refractivity contribution in [1.82, 2.24) is 0 Å². The minimum absolute atomic E-state index is 0.131. The molecule has 3 rings (SSSR count). The van der Waals surface area contributed by atoms with Crippen molar-refractivity contribution in [2.45, 2.75) is 39.2 Å². The number of para-hydroxylation sites is 1. The second-order valence-corrected chi connectivity index (χ2v) is 6.87. The fraction of sp³-hybridized carbons (Fsp3) is 0.529. The maximum Gasteiger partial charge on any atom is 0.313 e. The zero-order valence-corrected chi connectivity index (χ0v) is 13.0. The fourth-order valence-electron chi connectivity index (χ4n) is 3.76. The largest absolute Gasteiger partial charge is 0.448 e. The molecule has 21 heavy (non-hydrogen) atoms. The summed E-state index contributed by atoms with van der Waals surface area (Å²) in [5.41, 5.74) is -1.30. The molecule has 4 heteroatoms. The zero-order valence-electron chi connectivity index (χ0n) is 13.0. The lowest BCUT2D eigenvalue weighted by atomic mass is 9.66. The van der Waals surface area contributed by atoms with Crippen molar-refractivity contribution in [3.05, 3.63) is 30.3 Å². The van der Waals surface area contributed by atoms with Gasteiger partial charge in [-0.1, -0.05) is 32.0 Å². The van der Waals surface area contributed by atoms with E-state index in [0.717, 1.165) is 5.69 Å². The summed E-state index contributed by atoms with van der Waals surface area (Å²) in [6.45, 7) is 5.86. The first-order valence-electron chi connectivity index (χ1n) is 7.33. The molecule has 1 saturated heterocycles. The Kier molecular flexibility index (Phi) is 2.75. The number of benzene rings is 1. The van der Waals surface area contributed by atoms with Crippen LogP contribution < -0.4 is 4.90 Å². The number of ether oxygens (including phenoxy) is 1. The number of esters is 1. The molecule has 0 radical (unpaired) electrons. The molecule has 2 fully saturated rings. The van der Waals surface area contributed by atoms with Crippen molar-refractivity contribution in [1.29, 1.82) is 0 Å². The van der Waals surface area contributed by atoms with Crippen LogP contribution in [0.15, 0.2) is 30.3 Å². The third-order valence-corrected chi connectivity index (χ3v) is 5.88. The van der Waals surface area contributed by atoms with E-state index in [1.165, 1.54) is 0 Å². The van der Waals surface area contributed by atoms with E-state index in [2.05, 4.69) is 0 Å². The van der Waals surface area contributed by atoms with Crippen LogP contribution in [0.2, 0.25) is 0 Å². The minimum atomic E-state index is -1.04. The summed E-state index contributed by atoms with van der Waals surface area (Å²) in [7, 11) is 1.74. The van der Waals surface area contributed by atoms with E-state index < -0.39 is 16.4 Å². The number of hydrogen-bond acceptors (Lipinski definition) is 3. The average Bonchev–Trinajstić information content (AvgIpc) is 2.77. The van der Waals surface area contributed by atoms with E-state index in [1.807, 2.05) is 51.1 Å². The molecule has 0 spiro atoms. The highest BCUT2D eigenvalue weighted by molar-refractivity contribution is 6.04. The number of likely N-dealkylation sites (N-methyl/N-ethyl adjacent to an activating group) is 1. The highest BCUT2D eigenvalue weighted by Crippen LogP contribution is 2.65. The standard InChI is InChI=1S/C17H21NO3/c1-15(2)16(3)10-11-17(15,21-14(16)20)13(19)18(4)12-8-6-5-7-9-12/h5-9H,10-11H2,1-4H3/t16-,17-/m1/s1. The summed E-state index contributed by atoms with van der Waals surface area (Å²) in [4.78, 5) is 26.9. The summed E-state index contributed by atoms with van der Waals surface area (Å²) in [5.74, 6) is -0.373. The molecule has 1 saturated carbocycles. The Morgan fingerprint density at radius 1 is 1.14 bits per heavy atom. The Morgan fingerprint density at radius 3 is 2.24 bits per heavy atom. The molecule has 2 atom stereocenters. The molecule has 0 aromatic heterocycles. The van der Waals surface area contributed by atoms with E-state index in [0.29, 0.717) is 12.8 Å². The van der Waals surface area contributed by atoms with Gasteiger partial charge in [0.1, 0.15) is 0 Å². The van der Waals surface area contributed by atoms with Gasteiger partial charge in [0, 0.05) is 18.2 Å². The molecule has 2 bridgehead atoms. The van der Waals surface area contributed by atoms with E-state index in [1.54, 1.807) is 11.9 Å². The number of carbonyl (C=O) groups is 2. The monoisotopic (exact) mass is 287 g/mol. The van der Waals surface area contributed by atoms with Gasteiger partial charge in [0.25, 0.3) is 5.91 Å². The van der Waals surface area contributed by atoms with E-state index >= 15 is 0 Å². The van der Waals surface area contributed by atoms with Crippen LogP contribution in [0.1, 0.15) is 33.6 Å². The Balaban J connectivity index is 2.01. The first kappa shape index (κ1) is 14.1. The van der Waals surface area contributed by atoms with Crippen molar-refractivity contribution in [3.63, 3.8) is 0 Å². The number of fused-ring (bicyclic) bond motifs is 2. The lowest BCUT2D eigenvalue weighted by Gasteiger charge is -2.37. The average molecular weight is 287 g/mol. The molecular formula is C17H21NO3. The fourth-order valence-corrected chi connectivity index (χ4v) is 3.76. The predicted molar refractivity (Wildman–Crippen MR) is 79.8 cm³/mol. The summed E-state index contributed by atoms with van der Waals surface area (Å²) in [6, 6.07) is 9.45. The summed E-state index contributed by atoms with van der Waals surface area (Å²) >= 11 is 0. The maximum absolute atomic E-state index is 13.1. The molecule has 1 aliphatic carbocycles. The molecule has 112 valence electrons. The number of hydrogen-bond donors (Lipinski definition) is 0. The predicted octanol–water partition coefficient (Wildman–Crippen LogP) is 2.77. The van der Waals surface area contributed by atoms with E-state index in [9.17, 15) is 9.59 Å². The van der Waals surface area contributed by atoms with Crippen LogP contribution in [-0.2, 0) is 14.3 Å². The van der Waals surface area contributed by atoms with Gasteiger partial charge in [-0.05, 0) is 31.9 Å². The SMILES string of the molecule is CN(C(=O)[C@@]12CC[C@](C)(C(=O)O1)C2(C)C)c1ccccc1. The van der Waals surface area contributed by atoms with Crippen LogP contribution in [0.5, 0.6) is 0 Å². The molecule has 1 heterocycles. The number of carbonyl (C=O) groups excluding carboxylic acids is 2. The lowest BCUT2D eigenvalue weighted by molar-refractivity contribution is -0.166. The molecule has 1 aromatic rings. The Hall–Kier alpha value is -1.84. The second kappa shape index (κ2) is 4.09. The van der Waals surface area contributed by atoms with Crippen LogP contribution in [0.25, 0.3) is 0 Å². The molecule has 0 unspecified atom stereocenters. The summed E-state index contributed by atoms with van der Waals surface area (Å²) in [5, 5.41) is 0. The third-order valence-electron chi connectivity index (χ3n) is 5.88. The second-order valence-electron chi connectivity index (χ2n) is 6.87. The summed E-state index contributed by atoms with van der Waals surface area (Å²) < 4.78 is 5.64. The van der Waals surface area contributed by atoms with Crippen molar-refractivity contribution in [3.8, 4) is 0 Å². The van der Waals surface area contributed by atoms with E-state index in [4.69, 9.17) is 4.74 Å². The van der Waals surface area contributed by atoms with Crippen molar-refractivity contribution in [2.75, 3.05) is 11.9 Å². The molecule has 4 nitrogen and oxygen atoms in total. The van der Waals surface area contributed by atoms with Gasteiger partial charge in [0.05, 0.1) is 5.41 Å². The smallest absolute Gasteiger partial charge is 0.313 e. The summed E-state index contributed by atoms with van der Waals surface area (Å²) in [6.07, 6.45) is 1.30. The molecule has 2 aliphatic rings. The number of amides is 1. The van der Waals surface area contributed by atoms with Gasteiger partial charge < -0.3 is 9.64 Å². The van der Waals surface area contributed by atoms with Gasteiger partial charge in [-0.3, -0.25) is 9.59 Å². The van der Waals surface area contributed by atoms with Crippen LogP contribution in [0, 0.1) is 10.8 Å². The minimum Gasteiger partial charge on any atom is -0.448 e. The topological polar surface area (TPSA) is 46.6 Å². The highest BCUT2D eigenvalue weighted by atomic mass is 16.6. The van der Waals surface area contributed by atoms with Crippen LogP contribution in [0.3, 0.4) is 0 Å². The van der Waals surface area contributed by atoms with Gasteiger partial charge in [-0.2, -0.15) is 0 Å². The van der Waals surface area contributed by atoms with Crippen molar-refractivity contribution >= 4 is 17.6 Å². The first-order chi connectivity index (χ1) is 9.76. The molecule has 0 N–H and O–H groups in total.